The van der Waals surface area contributed by atoms with Crippen molar-refractivity contribution in [1.82, 2.24) is 4.98 Å². The number of rotatable bonds is 5. The summed E-state index contributed by atoms with van der Waals surface area (Å²) < 4.78 is 0. The molecule has 0 saturated heterocycles. The Morgan fingerprint density at radius 2 is 2.04 bits per heavy atom. The van der Waals surface area contributed by atoms with Crippen molar-refractivity contribution in [3.8, 4) is 0 Å². The first-order valence-electron chi connectivity index (χ1n) is 7.66. The summed E-state index contributed by atoms with van der Waals surface area (Å²) in [4.78, 5) is 42.8. The van der Waals surface area contributed by atoms with Gasteiger partial charge in [-0.3, -0.25) is 19.3 Å². The lowest BCUT2D eigenvalue weighted by atomic mass is 10.0. The SMILES string of the molecule is CC(C)CC(C(=O)Nc1nccs1)N1C(=O)C(=O)c2ccccc21. The van der Waals surface area contributed by atoms with E-state index in [0.717, 1.165) is 0 Å². The molecule has 0 bridgehead atoms. The third-order valence-corrected chi connectivity index (χ3v) is 4.48. The lowest BCUT2D eigenvalue weighted by Gasteiger charge is -2.28. The molecule has 7 heteroatoms. The number of para-hydroxylation sites is 1. The summed E-state index contributed by atoms with van der Waals surface area (Å²) in [5, 5.41) is 4.96. The topological polar surface area (TPSA) is 79.4 Å². The second kappa shape index (κ2) is 6.52. The number of benzene rings is 1. The molecule has 1 aromatic carbocycles. The zero-order chi connectivity index (χ0) is 17.3. The normalized spacial score (nSPS) is 14.9. The van der Waals surface area contributed by atoms with Crippen LogP contribution in [-0.2, 0) is 9.59 Å². The number of Topliss-reactive ketones (excluding diaryl/α,β-unsaturated/α-hetero) is 1. The first kappa shape index (κ1) is 16.3. The largest absolute Gasteiger partial charge is 0.300 e. The number of anilines is 2. The third kappa shape index (κ3) is 2.94. The molecule has 2 heterocycles. The molecule has 3 rings (SSSR count). The van der Waals surface area contributed by atoms with Gasteiger partial charge in [-0.2, -0.15) is 0 Å². The predicted octanol–water partition coefficient (Wildman–Crippen LogP) is 2.73. The highest BCUT2D eigenvalue weighted by atomic mass is 32.1. The maximum atomic E-state index is 12.7. The van der Waals surface area contributed by atoms with Crippen LogP contribution in [0.4, 0.5) is 10.8 Å². The average Bonchev–Trinajstić information content (AvgIpc) is 3.14. The number of ketones is 1. The van der Waals surface area contributed by atoms with E-state index in [1.54, 1.807) is 35.8 Å². The highest BCUT2D eigenvalue weighted by Gasteiger charge is 2.42. The van der Waals surface area contributed by atoms with E-state index >= 15 is 0 Å². The summed E-state index contributed by atoms with van der Waals surface area (Å²) in [6.07, 6.45) is 2.04. The lowest BCUT2D eigenvalue weighted by Crippen LogP contribution is -2.47. The van der Waals surface area contributed by atoms with Crippen LogP contribution in [0.2, 0.25) is 0 Å². The highest BCUT2D eigenvalue weighted by molar-refractivity contribution is 7.13. The summed E-state index contributed by atoms with van der Waals surface area (Å²) in [5.74, 6) is -1.39. The molecular weight excluding hydrogens is 326 g/mol. The van der Waals surface area contributed by atoms with Crippen LogP contribution < -0.4 is 10.2 Å². The van der Waals surface area contributed by atoms with Gasteiger partial charge in [0.25, 0.3) is 11.7 Å². The molecule has 2 amide bonds. The Bertz CT molecular complexity index is 786. The number of carbonyl (C=O) groups excluding carboxylic acids is 3. The third-order valence-electron chi connectivity index (χ3n) is 3.79. The smallest absolute Gasteiger partial charge is 0.300 e. The van der Waals surface area contributed by atoms with Gasteiger partial charge in [0.1, 0.15) is 6.04 Å². The predicted molar refractivity (Wildman–Crippen MR) is 92.2 cm³/mol. The fraction of sp³-hybridized carbons (Fsp3) is 0.294. The molecule has 1 atom stereocenters. The van der Waals surface area contributed by atoms with Crippen molar-refractivity contribution in [2.45, 2.75) is 26.3 Å². The van der Waals surface area contributed by atoms with Gasteiger partial charge in [-0.1, -0.05) is 26.0 Å². The number of nitrogens with zero attached hydrogens (tertiary/aromatic N) is 2. The van der Waals surface area contributed by atoms with Crippen LogP contribution in [0.15, 0.2) is 35.8 Å². The van der Waals surface area contributed by atoms with Crippen molar-refractivity contribution < 1.29 is 14.4 Å². The molecule has 24 heavy (non-hydrogen) atoms. The standard InChI is InChI=1S/C17H17N3O3S/c1-10(2)9-13(15(22)19-17-18-7-8-24-17)20-12-6-4-3-5-11(12)14(21)16(20)23/h3-8,10,13H,9H2,1-2H3,(H,18,19,22). The number of amides is 2. The van der Waals surface area contributed by atoms with Crippen molar-refractivity contribution in [1.29, 1.82) is 0 Å². The van der Waals surface area contributed by atoms with Crippen molar-refractivity contribution in [2.75, 3.05) is 10.2 Å². The van der Waals surface area contributed by atoms with Crippen molar-refractivity contribution in [2.24, 2.45) is 5.92 Å². The summed E-state index contributed by atoms with van der Waals surface area (Å²) in [7, 11) is 0. The molecule has 124 valence electrons. The Balaban J connectivity index is 1.95. The molecule has 0 aliphatic carbocycles. The van der Waals surface area contributed by atoms with Crippen LogP contribution in [0.5, 0.6) is 0 Å². The van der Waals surface area contributed by atoms with Crippen LogP contribution in [0.25, 0.3) is 0 Å². The minimum Gasteiger partial charge on any atom is -0.300 e. The Hall–Kier alpha value is -2.54. The molecule has 0 fully saturated rings. The summed E-state index contributed by atoms with van der Waals surface area (Å²) in [5.41, 5.74) is 0.839. The van der Waals surface area contributed by atoms with E-state index in [-0.39, 0.29) is 11.8 Å². The molecule has 1 aliphatic rings. The molecule has 6 nitrogen and oxygen atoms in total. The van der Waals surface area contributed by atoms with Gasteiger partial charge in [-0.15, -0.1) is 11.3 Å². The number of hydrogen-bond acceptors (Lipinski definition) is 5. The number of aromatic nitrogens is 1. The first-order valence-corrected chi connectivity index (χ1v) is 8.54. The number of carbonyl (C=O) groups is 3. The minimum atomic E-state index is -0.756. The van der Waals surface area contributed by atoms with E-state index in [4.69, 9.17) is 0 Å². The van der Waals surface area contributed by atoms with Crippen LogP contribution in [0.1, 0.15) is 30.6 Å². The fourth-order valence-electron chi connectivity index (χ4n) is 2.77. The number of hydrogen-bond donors (Lipinski definition) is 1. The molecule has 1 unspecified atom stereocenters. The second-order valence-corrected chi connectivity index (χ2v) is 6.89. The maximum Gasteiger partial charge on any atom is 0.300 e. The Labute approximate surface area is 143 Å². The van der Waals surface area contributed by atoms with Gasteiger partial charge in [0.05, 0.1) is 11.3 Å². The minimum absolute atomic E-state index is 0.174. The number of nitrogens with one attached hydrogen (secondary N) is 1. The van der Waals surface area contributed by atoms with Gasteiger partial charge >= 0.3 is 0 Å². The van der Waals surface area contributed by atoms with E-state index in [0.29, 0.717) is 22.8 Å². The van der Waals surface area contributed by atoms with Crippen LogP contribution in [0.3, 0.4) is 0 Å². The van der Waals surface area contributed by atoms with E-state index in [9.17, 15) is 14.4 Å². The fourth-order valence-corrected chi connectivity index (χ4v) is 3.30. The average molecular weight is 343 g/mol. The zero-order valence-electron chi connectivity index (χ0n) is 13.4. The maximum absolute atomic E-state index is 12.7. The van der Waals surface area contributed by atoms with Gasteiger partial charge in [-0.25, -0.2) is 4.98 Å². The molecule has 0 spiro atoms. The summed E-state index contributed by atoms with van der Waals surface area (Å²) >= 11 is 1.30. The molecule has 0 saturated carbocycles. The van der Waals surface area contributed by atoms with Crippen molar-refractivity contribution in [3.05, 3.63) is 41.4 Å². The van der Waals surface area contributed by atoms with Gasteiger partial charge in [0.15, 0.2) is 5.13 Å². The van der Waals surface area contributed by atoms with Crippen LogP contribution >= 0.6 is 11.3 Å². The second-order valence-electron chi connectivity index (χ2n) is 5.99. The van der Waals surface area contributed by atoms with E-state index in [1.807, 2.05) is 13.8 Å². The number of fused-ring (bicyclic) bond motifs is 1. The van der Waals surface area contributed by atoms with E-state index in [2.05, 4.69) is 10.3 Å². The summed E-state index contributed by atoms with van der Waals surface area (Å²) in [6, 6.07) is 6.01. The Morgan fingerprint density at radius 3 is 2.71 bits per heavy atom. The molecule has 2 aromatic rings. The molecular formula is C17H17N3O3S. The molecule has 1 aliphatic heterocycles. The summed E-state index contributed by atoms with van der Waals surface area (Å²) in [6.45, 7) is 3.94. The van der Waals surface area contributed by atoms with Gasteiger partial charge < -0.3 is 5.32 Å². The van der Waals surface area contributed by atoms with Crippen LogP contribution in [0, 0.1) is 5.92 Å². The molecule has 1 aromatic heterocycles. The van der Waals surface area contributed by atoms with Crippen LogP contribution in [-0.4, -0.2) is 28.6 Å². The van der Waals surface area contributed by atoms with Gasteiger partial charge in [0, 0.05) is 11.6 Å². The van der Waals surface area contributed by atoms with Crippen molar-refractivity contribution >= 4 is 39.8 Å². The zero-order valence-corrected chi connectivity index (χ0v) is 14.2. The van der Waals surface area contributed by atoms with Crippen molar-refractivity contribution in [3.63, 3.8) is 0 Å². The van der Waals surface area contributed by atoms with E-state index < -0.39 is 17.7 Å². The Morgan fingerprint density at radius 1 is 1.29 bits per heavy atom. The lowest BCUT2D eigenvalue weighted by molar-refractivity contribution is -0.121. The highest BCUT2D eigenvalue weighted by Crippen LogP contribution is 2.32. The Kier molecular flexibility index (Phi) is 4.44. The van der Waals surface area contributed by atoms with Gasteiger partial charge in [-0.05, 0) is 24.5 Å². The van der Waals surface area contributed by atoms with Gasteiger partial charge in [0.2, 0.25) is 5.91 Å². The quantitative estimate of drug-likeness (QED) is 0.847. The molecule has 1 N–H and O–H groups in total. The number of thiazole rings is 1. The van der Waals surface area contributed by atoms with E-state index in [1.165, 1.54) is 16.2 Å². The molecule has 0 radical (unpaired) electrons. The monoisotopic (exact) mass is 343 g/mol. The first-order chi connectivity index (χ1) is 11.5.